The number of para-hydroxylation sites is 1. The van der Waals surface area contributed by atoms with Crippen molar-refractivity contribution in [2.24, 2.45) is 11.8 Å². The summed E-state index contributed by atoms with van der Waals surface area (Å²) in [5.74, 6) is 1.02. The molecule has 2 atom stereocenters. The summed E-state index contributed by atoms with van der Waals surface area (Å²) in [7, 11) is 0. The van der Waals surface area contributed by atoms with Gasteiger partial charge >= 0.3 is 0 Å². The topological polar surface area (TPSA) is 67.8 Å². The van der Waals surface area contributed by atoms with Crippen LogP contribution in [-0.4, -0.2) is 17.3 Å². The van der Waals surface area contributed by atoms with Crippen LogP contribution in [0.1, 0.15) is 36.8 Å². The summed E-state index contributed by atoms with van der Waals surface area (Å²) >= 11 is 0. The van der Waals surface area contributed by atoms with E-state index >= 15 is 0 Å². The van der Waals surface area contributed by atoms with Crippen LogP contribution >= 0.6 is 0 Å². The zero-order chi connectivity index (χ0) is 20.1. The normalized spacial score (nSPS) is 21.6. The average Bonchev–Trinajstić information content (AvgIpc) is 2.72. The van der Waals surface area contributed by atoms with Gasteiger partial charge in [-0.3, -0.25) is 4.79 Å². The van der Waals surface area contributed by atoms with Crippen molar-refractivity contribution in [3.63, 3.8) is 0 Å². The molecule has 1 saturated carbocycles. The molecule has 0 unspecified atom stereocenters. The Morgan fingerprint density at radius 3 is 2.45 bits per heavy atom. The van der Waals surface area contributed by atoms with Gasteiger partial charge in [-0.2, -0.15) is 0 Å². The second kappa shape index (κ2) is 9.25. The number of ether oxygens (including phenoxy) is 2. The minimum atomic E-state index is -0.445. The van der Waals surface area contributed by atoms with E-state index in [1.165, 1.54) is 19.3 Å². The maximum absolute atomic E-state index is 12.7. The number of nitrogens with one attached hydrogen (secondary N) is 1. The molecule has 0 saturated heterocycles. The lowest BCUT2D eigenvalue weighted by Crippen LogP contribution is -2.34. The molecule has 4 rings (SSSR count). The van der Waals surface area contributed by atoms with Crippen LogP contribution in [0.25, 0.3) is 0 Å². The first-order chi connectivity index (χ1) is 14.2. The molecule has 2 aromatic carbocycles. The lowest BCUT2D eigenvalue weighted by atomic mass is 9.73. The Morgan fingerprint density at radius 2 is 1.79 bits per heavy atom. The number of allylic oxidation sites excluding steroid dienone is 1. The fourth-order valence-electron chi connectivity index (χ4n) is 3.79. The van der Waals surface area contributed by atoms with E-state index in [1.807, 2.05) is 60.7 Å². The van der Waals surface area contributed by atoms with Gasteiger partial charge in [-0.15, -0.1) is 0 Å². The quantitative estimate of drug-likeness (QED) is 0.733. The molecule has 1 heterocycles. The van der Waals surface area contributed by atoms with E-state index in [-0.39, 0.29) is 12.5 Å². The Morgan fingerprint density at radius 1 is 1.07 bits per heavy atom. The van der Waals surface area contributed by atoms with Gasteiger partial charge in [0.05, 0.1) is 13.2 Å². The van der Waals surface area contributed by atoms with Crippen LogP contribution < -0.4 is 5.32 Å². The van der Waals surface area contributed by atoms with Crippen LogP contribution in [0.3, 0.4) is 0 Å². The van der Waals surface area contributed by atoms with Crippen LogP contribution in [0.15, 0.2) is 66.4 Å². The second-order valence-corrected chi connectivity index (χ2v) is 7.77. The number of hydrogen-bond donors (Lipinski definition) is 2. The van der Waals surface area contributed by atoms with Crippen molar-refractivity contribution >= 4 is 11.6 Å². The zero-order valence-corrected chi connectivity index (χ0v) is 16.4. The van der Waals surface area contributed by atoms with Crippen molar-refractivity contribution in [1.29, 1.82) is 0 Å². The highest BCUT2D eigenvalue weighted by Gasteiger charge is 2.34. The molecule has 0 spiro atoms. The number of hydrogen-bond acceptors (Lipinski definition) is 4. The minimum Gasteiger partial charge on any atom is -0.459 e. The Labute approximate surface area is 171 Å². The van der Waals surface area contributed by atoms with Gasteiger partial charge in [-0.05, 0) is 54.0 Å². The zero-order valence-electron chi connectivity index (χ0n) is 16.4. The molecule has 0 radical (unpaired) electrons. The minimum absolute atomic E-state index is 0.0284. The number of rotatable bonds is 7. The van der Waals surface area contributed by atoms with Crippen molar-refractivity contribution in [3.05, 3.63) is 77.6 Å². The third kappa shape index (κ3) is 5.05. The van der Waals surface area contributed by atoms with Gasteiger partial charge in [0.15, 0.2) is 5.76 Å². The standard InChI is InChI=1S/C24H27NO4/c26-15-17-9-11-18(12-10-17)16-28-23-14-20(19-5-4-6-19)13-22(29-23)24(27)25-21-7-2-1-3-8-21/h1-3,7-13,19-20,23,26H,4-6,14-16H2,(H,25,27)/t20-,23+/m0/s1. The number of carbonyl (C=O) groups is 1. The fraction of sp³-hybridized carbons (Fsp3) is 0.375. The van der Waals surface area contributed by atoms with Gasteiger partial charge in [0, 0.05) is 12.1 Å². The molecule has 1 aliphatic heterocycles. The monoisotopic (exact) mass is 393 g/mol. The highest BCUT2D eigenvalue weighted by atomic mass is 16.7. The molecule has 5 nitrogen and oxygen atoms in total. The fourth-order valence-corrected chi connectivity index (χ4v) is 3.79. The Bertz CT molecular complexity index is 843. The van der Waals surface area contributed by atoms with Crippen molar-refractivity contribution in [2.45, 2.75) is 45.2 Å². The molecule has 2 aromatic rings. The van der Waals surface area contributed by atoms with Gasteiger partial charge in [0.2, 0.25) is 6.29 Å². The largest absolute Gasteiger partial charge is 0.459 e. The molecule has 1 fully saturated rings. The Kier molecular flexibility index (Phi) is 6.27. The maximum atomic E-state index is 12.7. The van der Waals surface area contributed by atoms with Gasteiger partial charge in [0.25, 0.3) is 5.91 Å². The lowest BCUT2D eigenvalue weighted by molar-refractivity contribution is -0.154. The predicted octanol–water partition coefficient (Wildman–Crippen LogP) is 4.38. The van der Waals surface area contributed by atoms with Crippen LogP contribution in [0.4, 0.5) is 5.69 Å². The SMILES string of the molecule is O=C(Nc1ccccc1)C1=C[C@H](C2CCC2)C[C@H](OCc2ccc(CO)cc2)O1. The molecule has 0 aromatic heterocycles. The first-order valence-corrected chi connectivity index (χ1v) is 10.3. The molecule has 29 heavy (non-hydrogen) atoms. The number of benzene rings is 2. The summed E-state index contributed by atoms with van der Waals surface area (Å²) in [6.07, 6.45) is 5.96. The van der Waals surface area contributed by atoms with Gasteiger partial charge in [-0.25, -0.2) is 0 Å². The third-order valence-electron chi connectivity index (χ3n) is 5.74. The molecule has 5 heteroatoms. The molecule has 152 valence electrons. The molecule has 1 aliphatic carbocycles. The predicted molar refractivity (Wildman–Crippen MR) is 111 cm³/mol. The van der Waals surface area contributed by atoms with Crippen LogP contribution in [0, 0.1) is 11.8 Å². The van der Waals surface area contributed by atoms with E-state index in [1.54, 1.807) is 0 Å². The van der Waals surface area contributed by atoms with Crippen molar-refractivity contribution in [3.8, 4) is 0 Å². The maximum Gasteiger partial charge on any atom is 0.290 e. The van der Waals surface area contributed by atoms with Crippen LogP contribution in [0.2, 0.25) is 0 Å². The number of aliphatic hydroxyl groups is 1. The Hall–Kier alpha value is -2.63. The van der Waals surface area contributed by atoms with Crippen molar-refractivity contribution in [1.82, 2.24) is 0 Å². The third-order valence-corrected chi connectivity index (χ3v) is 5.74. The highest BCUT2D eigenvalue weighted by Crippen LogP contribution is 2.40. The van der Waals surface area contributed by atoms with Gasteiger partial charge in [-0.1, -0.05) is 48.9 Å². The summed E-state index contributed by atoms with van der Waals surface area (Å²) in [5.41, 5.74) is 2.63. The van der Waals surface area contributed by atoms with Crippen LogP contribution in [0.5, 0.6) is 0 Å². The number of anilines is 1. The molecular weight excluding hydrogens is 366 g/mol. The summed E-state index contributed by atoms with van der Waals surface area (Å²) in [6, 6.07) is 17.0. The van der Waals surface area contributed by atoms with Gasteiger partial charge in [0.1, 0.15) is 0 Å². The number of amides is 1. The molecular formula is C24H27NO4. The Balaban J connectivity index is 1.41. The molecule has 1 amide bonds. The molecule has 0 bridgehead atoms. The summed E-state index contributed by atoms with van der Waals surface area (Å²) in [6.45, 7) is 0.433. The van der Waals surface area contributed by atoms with E-state index in [2.05, 4.69) is 5.32 Å². The van der Waals surface area contributed by atoms with Crippen molar-refractivity contribution in [2.75, 3.05) is 5.32 Å². The van der Waals surface area contributed by atoms with Crippen LogP contribution in [-0.2, 0) is 27.5 Å². The summed E-state index contributed by atoms with van der Waals surface area (Å²) in [4.78, 5) is 12.7. The lowest BCUT2D eigenvalue weighted by Gasteiger charge is -2.37. The smallest absolute Gasteiger partial charge is 0.290 e. The van der Waals surface area contributed by atoms with E-state index in [9.17, 15) is 4.79 Å². The van der Waals surface area contributed by atoms with E-state index in [0.29, 0.717) is 24.2 Å². The summed E-state index contributed by atoms with van der Waals surface area (Å²) < 4.78 is 11.9. The highest BCUT2D eigenvalue weighted by molar-refractivity contribution is 6.02. The second-order valence-electron chi connectivity index (χ2n) is 7.77. The first-order valence-electron chi connectivity index (χ1n) is 10.3. The number of carbonyl (C=O) groups excluding carboxylic acids is 1. The van der Waals surface area contributed by atoms with E-state index < -0.39 is 6.29 Å². The molecule has 2 aliphatic rings. The van der Waals surface area contributed by atoms with Crippen molar-refractivity contribution < 1.29 is 19.4 Å². The summed E-state index contributed by atoms with van der Waals surface area (Å²) in [5, 5.41) is 12.1. The first kappa shape index (κ1) is 19.7. The van der Waals surface area contributed by atoms with E-state index in [4.69, 9.17) is 14.6 Å². The molecule has 2 N–H and O–H groups in total. The van der Waals surface area contributed by atoms with Gasteiger partial charge < -0.3 is 19.9 Å². The van der Waals surface area contributed by atoms with E-state index in [0.717, 1.165) is 23.2 Å². The number of aliphatic hydroxyl groups excluding tert-OH is 1. The average molecular weight is 393 g/mol.